The number of aromatic nitrogens is 1. The number of hydrogen-bond donors (Lipinski definition) is 2. The number of carbonyl (C=O) groups excluding carboxylic acids is 5. The summed E-state index contributed by atoms with van der Waals surface area (Å²) in [5.74, 6) is -2.86. The first-order valence-corrected chi connectivity index (χ1v) is 17.3. The minimum Gasteiger partial charge on any atom is -0.436 e. The van der Waals surface area contributed by atoms with E-state index in [0.29, 0.717) is 17.9 Å². The van der Waals surface area contributed by atoms with Gasteiger partial charge in [0.1, 0.15) is 5.69 Å². The number of cyclic esters (lactones) is 1. The Bertz CT molecular complexity index is 1400. The minimum absolute atomic E-state index is 0.0689. The molecular weight excluding hydrogens is 616 g/mol. The fraction of sp³-hybridized carbons (Fsp3) is 0.576. The summed E-state index contributed by atoms with van der Waals surface area (Å²) >= 11 is 7.57. The summed E-state index contributed by atoms with van der Waals surface area (Å²) in [6, 6.07) is 2.57. The van der Waals surface area contributed by atoms with Gasteiger partial charge < -0.3 is 15.4 Å². The molecule has 1 aliphatic carbocycles. The molecule has 2 atom stereocenters. The lowest BCUT2D eigenvalue weighted by Gasteiger charge is -2.23. The van der Waals surface area contributed by atoms with Gasteiger partial charge in [0.15, 0.2) is 12.1 Å². The maximum absolute atomic E-state index is 13.8. The van der Waals surface area contributed by atoms with Crippen molar-refractivity contribution in [2.45, 2.75) is 116 Å². The Labute approximate surface area is 273 Å². The maximum atomic E-state index is 13.8. The van der Waals surface area contributed by atoms with Gasteiger partial charge in [-0.2, -0.15) is 4.37 Å². The molecule has 1 saturated heterocycles. The van der Waals surface area contributed by atoms with Gasteiger partial charge in [-0.05, 0) is 74.3 Å². The number of ketones is 1. The second kappa shape index (κ2) is 16.8. The monoisotopic (exact) mass is 658 g/mol. The van der Waals surface area contributed by atoms with Gasteiger partial charge in [-0.25, -0.2) is 9.69 Å². The first-order chi connectivity index (χ1) is 21.7. The van der Waals surface area contributed by atoms with E-state index in [1.165, 1.54) is 75.5 Å². The average molecular weight is 659 g/mol. The highest BCUT2D eigenvalue weighted by molar-refractivity contribution is 7.06. The molecule has 45 heavy (non-hydrogen) atoms. The normalized spacial score (nSPS) is 16.7. The molecule has 2 heterocycles. The van der Waals surface area contributed by atoms with Gasteiger partial charge in [-0.3, -0.25) is 19.2 Å². The molecule has 1 aromatic heterocycles. The van der Waals surface area contributed by atoms with Crippen molar-refractivity contribution in [3.8, 4) is 0 Å². The van der Waals surface area contributed by atoms with E-state index in [2.05, 4.69) is 21.9 Å². The van der Waals surface area contributed by atoms with Gasteiger partial charge in [-0.1, -0.05) is 76.3 Å². The van der Waals surface area contributed by atoms with Crippen LogP contribution in [0.25, 0.3) is 0 Å². The largest absolute Gasteiger partial charge is 0.436 e. The van der Waals surface area contributed by atoms with Crippen LogP contribution in [0.1, 0.15) is 122 Å². The minimum atomic E-state index is -1.85. The van der Waals surface area contributed by atoms with Crippen LogP contribution in [-0.2, 0) is 27.2 Å². The number of halogens is 1. The summed E-state index contributed by atoms with van der Waals surface area (Å²) < 4.78 is 9.34. The standard InChI is InChI=1S/C33H43ClN4O6S/c1-3-4-5-6-7-8-9-10-11-14-19-35-30(40)22-17-18-24(34)25(20-22)36-31(41)28(38-32(42)21(2)44-33(38)43)29(39)27-23-15-12-13-16-26(23)45-37-27/h17-18,20-21,28H,3-16,19H2,1-2H3,(H,35,40)(H,36,41). The molecule has 0 saturated carbocycles. The summed E-state index contributed by atoms with van der Waals surface area (Å²) in [5.41, 5.74) is 1.17. The van der Waals surface area contributed by atoms with Crippen LogP contribution in [0.2, 0.25) is 5.02 Å². The SMILES string of the molecule is CCCCCCCCCCCCNC(=O)c1ccc(Cl)c(NC(=O)C(C(=O)c2nsc3c2CCCC3)N2C(=O)OC(C)C2=O)c1. The number of unbranched alkanes of at least 4 members (excludes halogenated alkanes) is 9. The summed E-state index contributed by atoms with van der Waals surface area (Å²) in [7, 11) is 0. The number of Topliss-reactive ketones (excluding diaryl/α,β-unsaturated/α-hetero) is 1. The number of benzene rings is 1. The zero-order valence-electron chi connectivity index (χ0n) is 26.1. The Morgan fingerprint density at radius 2 is 1.69 bits per heavy atom. The van der Waals surface area contributed by atoms with E-state index in [0.717, 1.165) is 49.0 Å². The maximum Gasteiger partial charge on any atom is 0.418 e. The van der Waals surface area contributed by atoms with Crippen molar-refractivity contribution < 1.29 is 28.7 Å². The number of ether oxygens (including phenoxy) is 1. The lowest BCUT2D eigenvalue weighted by atomic mass is 9.94. The molecule has 4 rings (SSSR count). The van der Waals surface area contributed by atoms with Crippen molar-refractivity contribution in [3.05, 3.63) is 44.9 Å². The third kappa shape index (κ3) is 8.91. The quantitative estimate of drug-likeness (QED) is 0.107. The van der Waals surface area contributed by atoms with Crippen molar-refractivity contribution in [2.24, 2.45) is 0 Å². The molecular formula is C33H43ClN4O6S. The van der Waals surface area contributed by atoms with Crippen LogP contribution < -0.4 is 10.6 Å². The Kier molecular flexibility index (Phi) is 12.9. The lowest BCUT2D eigenvalue weighted by molar-refractivity contribution is -0.133. The van der Waals surface area contributed by atoms with Gasteiger partial charge in [0.05, 0.1) is 10.7 Å². The Morgan fingerprint density at radius 3 is 2.36 bits per heavy atom. The van der Waals surface area contributed by atoms with Crippen LogP contribution >= 0.6 is 23.1 Å². The number of rotatable bonds is 17. The van der Waals surface area contributed by atoms with Crippen molar-refractivity contribution in [2.75, 3.05) is 11.9 Å². The average Bonchev–Trinajstić information content (AvgIpc) is 3.57. The Balaban J connectivity index is 1.38. The topological polar surface area (TPSA) is 135 Å². The van der Waals surface area contributed by atoms with Crippen LogP contribution in [0.15, 0.2) is 18.2 Å². The Hall–Kier alpha value is -3.31. The molecule has 10 nitrogen and oxygen atoms in total. The number of amides is 4. The summed E-state index contributed by atoms with van der Waals surface area (Å²) in [5, 5.41) is 5.60. The first kappa shape index (κ1) is 34.6. The van der Waals surface area contributed by atoms with Crippen LogP contribution in [0.3, 0.4) is 0 Å². The highest BCUT2D eigenvalue weighted by atomic mass is 35.5. The molecule has 1 fully saturated rings. The zero-order chi connectivity index (χ0) is 32.3. The molecule has 2 unspecified atom stereocenters. The van der Waals surface area contributed by atoms with E-state index in [9.17, 15) is 24.0 Å². The second-order valence-corrected chi connectivity index (χ2v) is 13.0. The molecule has 4 amide bonds. The molecule has 0 bridgehead atoms. The highest BCUT2D eigenvalue weighted by Crippen LogP contribution is 2.31. The summed E-state index contributed by atoms with van der Waals surface area (Å²) in [4.78, 5) is 67.5. The highest BCUT2D eigenvalue weighted by Gasteiger charge is 2.49. The van der Waals surface area contributed by atoms with Crippen molar-refractivity contribution in [1.82, 2.24) is 14.6 Å². The van der Waals surface area contributed by atoms with Gasteiger partial charge >= 0.3 is 6.09 Å². The number of imide groups is 1. The van der Waals surface area contributed by atoms with Gasteiger partial charge in [0, 0.05) is 17.0 Å². The van der Waals surface area contributed by atoms with E-state index in [-0.39, 0.29) is 27.9 Å². The molecule has 2 aliphatic rings. The molecule has 1 aromatic carbocycles. The third-order valence-electron chi connectivity index (χ3n) is 8.30. The summed E-state index contributed by atoms with van der Waals surface area (Å²) in [6.45, 7) is 4.11. The predicted octanol–water partition coefficient (Wildman–Crippen LogP) is 6.88. The van der Waals surface area contributed by atoms with E-state index < -0.39 is 35.8 Å². The number of carbonyl (C=O) groups is 5. The number of hydrogen-bond acceptors (Lipinski definition) is 8. The first-order valence-electron chi connectivity index (χ1n) is 16.2. The van der Waals surface area contributed by atoms with Gasteiger partial charge in [0.25, 0.3) is 17.7 Å². The molecule has 0 radical (unpaired) electrons. The van der Waals surface area contributed by atoms with E-state index in [1.807, 2.05) is 0 Å². The lowest BCUT2D eigenvalue weighted by Crippen LogP contribution is -2.52. The summed E-state index contributed by atoms with van der Waals surface area (Å²) in [6.07, 6.45) is 13.0. The van der Waals surface area contributed by atoms with Gasteiger partial charge in [-0.15, -0.1) is 0 Å². The zero-order valence-corrected chi connectivity index (χ0v) is 27.7. The molecule has 1 aliphatic heterocycles. The number of nitrogens with one attached hydrogen (secondary N) is 2. The van der Waals surface area contributed by atoms with Gasteiger partial charge in [0.2, 0.25) is 5.78 Å². The van der Waals surface area contributed by atoms with Crippen molar-refractivity contribution in [1.29, 1.82) is 0 Å². The fourth-order valence-corrected chi connectivity index (χ4v) is 6.83. The number of nitrogens with zero attached hydrogens (tertiary/aromatic N) is 2. The number of aryl methyl sites for hydroxylation is 1. The van der Waals surface area contributed by atoms with Crippen LogP contribution in [0, 0.1) is 0 Å². The number of fused-ring (bicyclic) bond motifs is 1. The van der Waals surface area contributed by atoms with Crippen LogP contribution in [0.5, 0.6) is 0 Å². The molecule has 244 valence electrons. The van der Waals surface area contributed by atoms with Crippen LogP contribution in [-0.4, -0.2) is 57.6 Å². The van der Waals surface area contributed by atoms with Crippen molar-refractivity contribution >= 4 is 58.4 Å². The molecule has 2 N–H and O–H groups in total. The van der Waals surface area contributed by atoms with Crippen molar-refractivity contribution in [3.63, 3.8) is 0 Å². The Morgan fingerprint density at radius 1 is 1.02 bits per heavy atom. The fourth-order valence-electron chi connectivity index (χ4n) is 5.72. The molecule has 12 heteroatoms. The third-order valence-corrected chi connectivity index (χ3v) is 9.57. The van der Waals surface area contributed by atoms with E-state index in [1.54, 1.807) is 6.07 Å². The smallest absolute Gasteiger partial charge is 0.418 e. The molecule has 2 aromatic rings. The van der Waals surface area contributed by atoms with E-state index in [4.69, 9.17) is 16.3 Å². The molecule has 0 spiro atoms. The second-order valence-electron chi connectivity index (χ2n) is 11.8. The predicted molar refractivity (Wildman–Crippen MR) is 174 cm³/mol. The van der Waals surface area contributed by atoms with E-state index >= 15 is 0 Å². The number of anilines is 1. The van der Waals surface area contributed by atoms with Crippen LogP contribution in [0.4, 0.5) is 10.5 Å².